The third-order valence-corrected chi connectivity index (χ3v) is 7.23. The summed E-state index contributed by atoms with van der Waals surface area (Å²) in [5.74, 6) is 0.257. The number of rotatable bonds is 8. The number of nitrogens with one attached hydrogen (secondary N) is 2. The number of fused-ring (bicyclic) bond motifs is 1. The summed E-state index contributed by atoms with van der Waals surface area (Å²) in [7, 11) is 0.401. The standard InChI is InChI=1S/C30H21F2N7O.C6H7BO2/c1-33-30-35-17-15-24(37-30)21-8-5-16-34-29(21)40-20-11-9-19(10-12-20)36-28-26-23(32)14-13-22(31)25(26)27(38-39-28)18-6-3-2-4-7-18;8-7(9)6-4-2-1-3-5-6/h2-17H,1H3,(H,36,39)(H,33,35,37);1-5,8-9H. The number of ether oxygens (including phenoxy) is 1. The number of hydrogen-bond acceptors (Lipinski definition) is 10. The molecule has 4 N–H and O–H groups in total. The molecule has 242 valence electrons. The van der Waals surface area contributed by atoms with E-state index < -0.39 is 18.8 Å². The molecule has 0 fully saturated rings. The first-order chi connectivity index (χ1) is 23.9. The van der Waals surface area contributed by atoms with Gasteiger partial charge < -0.3 is 25.4 Å². The zero-order chi connectivity index (χ0) is 34.2. The van der Waals surface area contributed by atoms with Crippen LogP contribution < -0.4 is 20.8 Å². The molecule has 7 aromatic rings. The molecule has 0 aliphatic carbocycles. The third-order valence-electron chi connectivity index (χ3n) is 7.23. The minimum Gasteiger partial charge on any atom is -0.438 e. The lowest BCUT2D eigenvalue weighted by Crippen LogP contribution is -2.29. The Hall–Kier alpha value is -6.31. The largest absolute Gasteiger partial charge is 0.488 e. The summed E-state index contributed by atoms with van der Waals surface area (Å²) >= 11 is 0. The fraction of sp³-hybridized carbons (Fsp3) is 0.0278. The summed E-state index contributed by atoms with van der Waals surface area (Å²) < 4.78 is 36.1. The van der Waals surface area contributed by atoms with Crippen LogP contribution in [0.4, 0.5) is 26.2 Å². The molecule has 10 nitrogen and oxygen atoms in total. The fourth-order valence-corrected chi connectivity index (χ4v) is 4.88. The molecule has 4 aromatic carbocycles. The van der Waals surface area contributed by atoms with Crippen molar-refractivity contribution in [1.29, 1.82) is 0 Å². The molecule has 0 aliphatic heterocycles. The summed E-state index contributed by atoms with van der Waals surface area (Å²) in [6.07, 6.45) is 3.28. The van der Waals surface area contributed by atoms with E-state index in [1.165, 1.54) is 0 Å². The van der Waals surface area contributed by atoms with Gasteiger partial charge in [-0.3, -0.25) is 0 Å². The lowest BCUT2D eigenvalue weighted by molar-refractivity contribution is 0.426. The maximum Gasteiger partial charge on any atom is 0.488 e. The highest BCUT2D eigenvalue weighted by molar-refractivity contribution is 6.58. The van der Waals surface area contributed by atoms with Crippen molar-refractivity contribution in [2.75, 3.05) is 17.7 Å². The number of nitrogens with zero attached hydrogens (tertiary/aromatic N) is 5. The van der Waals surface area contributed by atoms with Crippen molar-refractivity contribution in [2.24, 2.45) is 0 Å². The van der Waals surface area contributed by atoms with Gasteiger partial charge in [0, 0.05) is 30.7 Å². The van der Waals surface area contributed by atoms with Crippen LogP contribution in [0.15, 0.2) is 128 Å². The molecule has 7 rings (SSSR count). The van der Waals surface area contributed by atoms with Gasteiger partial charge in [0.05, 0.1) is 22.0 Å². The number of halogens is 2. The van der Waals surface area contributed by atoms with Gasteiger partial charge in [-0.2, -0.15) is 0 Å². The van der Waals surface area contributed by atoms with Gasteiger partial charge in [0.2, 0.25) is 11.8 Å². The number of aromatic nitrogens is 5. The Balaban J connectivity index is 0.000000403. The van der Waals surface area contributed by atoms with E-state index in [0.29, 0.717) is 45.5 Å². The van der Waals surface area contributed by atoms with Crippen LogP contribution in [-0.2, 0) is 0 Å². The molecule has 0 unspecified atom stereocenters. The summed E-state index contributed by atoms with van der Waals surface area (Å²) in [5.41, 5.74) is 3.35. The maximum absolute atomic E-state index is 15.0. The molecule has 49 heavy (non-hydrogen) atoms. The molecule has 13 heteroatoms. The molecule has 3 heterocycles. The molecular weight excluding hydrogens is 627 g/mol. The van der Waals surface area contributed by atoms with E-state index >= 15 is 4.39 Å². The smallest absolute Gasteiger partial charge is 0.438 e. The van der Waals surface area contributed by atoms with Crippen molar-refractivity contribution in [1.82, 2.24) is 25.1 Å². The van der Waals surface area contributed by atoms with E-state index in [1.807, 2.05) is 18.2 Å². The summed E-state index contributed by atoms with van der Waals surface area (Å²) in [6, 6.07) is 32.2. The summed E-state index contributed by atoms with van der Waals surface area (Å²) in [6.45, 7) is 0. The van der Waals surface area contributed by atoms with Crippen molar-refractivity contribution < 1.29 is 23.6 Å². The van der Waals surface area contributed by atoms with E-state index in [1.54, 1.807) is 104 Å². The van der Waals surface area contributed by atoms with Crippen molar-refractivity contribution in [2.45, 2.75) is 0 Å². The molecular formula is C36H28BF2N7O3. The molecule has 0 amide bonds. The Morgan fingerprint density at radius 2 is 1.39 bits per heavy atom. The van der Waals surface area contributed by atoms with E-state index in [0.717, 1.165) is 12.1 Å². The van der Waals surface area contributed by atoms with Gasteiger partial charge in [-0.1, -0.05) is 60.7 Å². The van der Waals surface area contributed by atoms with Crippen LogP contribution in [0.5, 0.6) is 11.6 Å². The number of pyridine rings is 1. The van der Waals surface area contributed by atoms with Crippen molar-refractivity contribution in [3.63, 3.8) is 0 Å². The molecule has 0 atom stereocenters. The molecule has 0 radical (unpaired) electrons. The van der Waals surface area contributed by atoms with E-state index in [-0.39, 0.29) is 22.3 Å². The SMILES string of the molecule is CNc1nccc(-c2cccnc2Oc2ccc(Nc3nnc(-c4ccccc4)c4c(F)ccc(F)c34)cc2)n1.OB(O)c1ccccc1. The topological polar surface area (TPSA) is 138 Å². The third kappa shape index (κ3) is 7.65. The van der Waals surface area contributed by atoms with Crippen molar-refractivity contribution in [3.05, 3.63) is 139 Å². The van der Waals surface area contributed by atoms with E-state index in [4.69, 9.17) is 14.8 Å². The number of benzene rings is 4. The van der Waals surface area contributed by atoms with Crippen molar-refractivity contribution >= 4 is 40.8 Å². The maximum atomic E-state index is 15.0. The van der Waals surface area contributed by atoms with Crippen molar-refractivity contribution in [3.8, 4) is 34.1 Å². The van der Waals surface area contributed by atoms with Crippen LogP contribution >= 0.6 is 0 Å². The summed E-state index contributed by atoms with van der Waals surface area (Å²) in [4.78, 5) is 13.0. The molecule has 0 aliphatic rings. The van der Waals surface area contributed by atoms with Crippen LogP contribution in [0.3, 0.4) is 0 Å². The highest BCUT2D eigenvalue weighted by atomic mass is 19.1. The predicted molar refractivity (Wildman–Crippen MR) is 186 cm³/mol. The Morgan fingerprint density at radius 1 is 0.694 bits per heavy atom. The van der Waals surface area contributed by atoms with Gasteiger partial charge in [0.1, 0.15) is 23.1 Å². The monoisotopic (exact) mass is 655 g/mol. The first-order valence-electron chi connectivity index (χ1n) is 15.0. The second kappa shape index (κ2) is 15.1. The van der Waals surface area contributed by atoms with Crippen LogP contribution in [0.1, 0.15) is 0 Å². The zero-order valence-electron chi connectivity index (χ0n) is 26.0. The second-order valence-electron chi connectivity index (χ2n) is 10.4. The van der Waals surface area contributed by atoms with Gasteiger partial charge in [-0.25, -0.2) is 23.7 Å². The minimum absolute atomic E-state index is 0.0121. The van der Waals surface area contributed by atoms with Crippen LogP contribution in [-0.4, -0.2) is 49.4 Å². The average Bonchev–Trinajstić information content (AvgIpc) is 3.15. The second-order valence-corrected chi connectivity index (χ2v) is 10.4. The van der Waals surface area contributed by atoms with Gasteiger partial charge in [-0.15, -0.1) is 10.2 Å². The predicted octanol–water partition coefficient (Wildman–Crippen LogP) is 6.37. The number of hydrogen-bond donors (Lipinski definition) is 4. The average molecular weight is 655 g/mol. The molecule has 0 spiro atoms. The lowest BCUT2D eigenvalue weighted by Gasteiger charge is -2.13. The Morgan fingerprint density at radius 3 is 2.06 bits per heavy atom. The quantitative estimate of drug-likeness (QED) is 0.137. The molecule has 0 bridgehead atoms. The van der Waals surface area contributed by atoms with Crippen LogP contribution in [0.25, 0.3) is 33.3 Å². The van der Waals surface area contributed by atoms with Gasteiger partial charge in [0.25, 0.3) is 0 Å². The van der Waals surface area contributed by atoms with Crippen LogP contribution in [0.2, 0.25) is 0 Å². The Kier molecular flexibility index (Phi) is 10.0. The van der Waals surface area contributed by atoms with Gasteiger partial charge in [-0.05, 0) is 60.1 Å². The minimum atomic E-state index is -1.34. The normalized spacial score (nSPS) is 10.6. The highest BCUT2D eigenvalue weighted by Crippen LogP contribution is 2.35. The molecule has 0 saturated carbocycles. The lowest BCUT2D eigenvalue weighted by atomic mass is 9.81. The van der Waals surface area contributed by atoms with E-state index in [9.17, 15) is 4.39 Å². The Bertz CT molecular complexity index is 2180. The van der Waals surface area contributed by atoms with Crippen LogP contribution in [0, 0.1) is 11.6 Å². The molecule has 3 aromatic heterocycles. The van der Waals surface area contributed by atoms with Gasteiger partial charge >= 0.3 is 7.12 Å². The number of anilines is 3. The first kappa shape index (κ1) is 32.6. The highest BCUT2D eigenvalue weighted by Gasteiger charge is 2.19. The van der Waals surface area contributed by atoms with Gasteiger partial charge in [0.15, 0.2) is 5.82 Å². The zero-order valence-corrected chi connectivity index (χ0v) is 26.0. The van der Waals surface area contributed by atoms with E-state index in [2.05, 4.69) is 35.8 Å². The molecule has 0 saturated heterocycles. The Labute approximate surface area is 280 Å². The fourth-order valence-electron chi connectivity index (χ4n) is 4.88. The first-order valence-corrected chi connectivity index (χ1v) is 15.0. The summed E-state index contributed by atoms with van der Waals surface area (Å²) in [5, 5.41) is 31.6.